The van der Waals surface area contributed by atoms with Crippen molar-refractivity contribution in [2.75, 3.05) is 35.2 Å². The molecule has 0 saturated carbocycles. The highest BCUT2D eigenvalue weighted by molar-refractivity contribution is 7.99. The smallest absolute Gasteiger partial charge is 0.237 e. The van der Waals surface area contributed by atoms with Crippen molar-refractivity contribution in [1.29, 1.82) is 5.26 Å². The second kappa shape index (κ2) is 11.3. The fraction of sp³-hybridized carbons (Fsp3) is 0.440. The molecule has 3 aromatic rings. The van der Waals surface area contributed by atoms with Gasteiger partial charge in [-0.05, 0) is 68.5 Å². The van der Waals surface area contributed by atoms with Crippen molar-refractivity contribution < 1.29 is 9.21 Å². The summed E-state index contributed by atoms with van der Waals surface area (Å²) in [5, 5.41) is 18.7. The molecule has 4 rings (SSSR count). The third-order valence-electron chi connectivity index (χ3n) is 5.82. The molecule has 0 N–H and O–H groups in total. The largest absolute Gasteiger partial charge is 0.467 e. The third kappa shape index (κ3) is 5.81. The molecule has 34 heavy (non-hydrogen) atoms. The average molecular weight is 479 g/mol. The quantitative estimate of drug-likeness (QED) is 0.416. The molecule has 0 atom stereocenters. The van der Waals surface area contributed by atoms with Crippen molar-refractivity contribution >= 4 is 29.3 Å². The Morgan fingerprint density at radius 2 is 1.94 bits per heavy atom. The lowest BCUT2D eigenvalue weighted by molar-refractivity contribution is -0.116. The molecule has 0 radical (unpaired) electrons. The number of amides is 1. The minimum Gasteiger partial charge on any atom is -0.467 e. The second-order valence-electron chi connectivity index (χ2n) is 8.58. The van der Waals surface area contributed by atoms with Gasteiger partial charge in [-0.1, -0.05) is 17.8 Å². The Kier molecular flexibility index (Phi) is 7.91. The highest BCUT2D eigenvalue weighted by atomic mass is 32.2. The number of piperidine rings is 1. The molecule has 1 aliphatic heterocycles. The number of carbonyl (C=O) groups excluding carboxylic acids is 1. The number of aryl methyl sites for hydroxylation is 2. The average Bonchev–Trinajstić information content (AvgIpc) is 3.48. The fourth-order valence-electron chi connectivity index (χ4n) is 4.28. The first-order valence-corrected chi connectivity index (χ1v) is 12.6. The van der Waals surface area contributed by atoms with Gasteiger partial charge in [-0.25, -0.2) is 0 Å². The van der Waals surface area contributed by atoms with Crippen molar-refractivity contribution in [3.05, 3.63) is 53.5 Å². The summed E-state index contributed by atoms with van der Waals surface area (Å²) in [6, 6.07) is 12.0. The number of nitrogens with zero attached hydrogens (tertiary/aromatic N) is 6. The van der Waals surface area contributed by atoms with E-state index in [4.69, 9.17) is 9.68 Å². The van der Waals surface area contributed by atoms with Crippen LogP contribution in [-0.2, 0) is 11.3 Å². The van der Waals surface area contributed by atoms with Crippen LogP contribution in [-0.4, -0.2) is 46.1 Å². The van der Waals surface area contributed by atoms with E-state index in [0.29, 0.717) is 18.2 Å². The second-order valence-corrected chi connectivity index (χ2v) is 9.53. The Hall–Kier alpha value is -3.25. The van der Waals surface area contributed by atoms with Gasteiger partial charge >= 0.3 is 0 Å². The zero-order valence-electron chi connectivity index (χ0n) is 19.7. The zero-order chi connectivity index (χ0) is 23.9. The van der Waals surface area contributed by atoms with E-state index in [-0.39, 0.29) is 18.1 Å². The molecule has 0 spiro atoms. The topological polar surface area (TPSA) is 91.2 Å². The maximum Gasteiger partial charge on any atom is 0.237 e. The van der Waals surface area contributed by atoms with Crippen molar-refractivity contribution in [2.45, 2.75) is 51.2 Å². The van der Waals surface area contributed by atoms with Crippen LogP contribution in [0.25, 0.3) is 0 Å². The molecule has 0 unspecified atom stereocenters. The Bertz CT molecular complexity index is 1120. The van der Waals surface area contributed by atoms with E-state index in [1.165, 1.54) is 18.2 Å². The van der Waals surface area contributed by atoms with Crippen molar-refractivity contribution in [3.63, 3.8) is 0 Å². The van der Waals surface area contributed by atoms with Crippen LogP contribution in [0, 0.1) is 25.2 Å². The monoisotopic (exact) mass is 478 g/mol. The van der Waals surface area contributed by atoms with Crippen LogP contribution in [0.15, 0.2) is 46.2 Å². The van der Waals surface area contributed by atoms with Gasteiger partial charge in [-0.2, -0.15) is 5.26 Å². The van der Waals surface area contributed by atoms with E-state index in [1.54, 1.807) is 11.2 Å². The Balaban J connectivity index is 1.54. The Morgan fingerprint density at radius 1 is 1.18 bits per heavy atom. The molecule has 0 bridgehead atoms. The molecule has 8 nitrogen and oxygen atoms in total. The first-order chi connectivity index (χ1) is 16.5. The van der Waals surface area contributed by atoms with Gasteiger partial charge in [0.2, 0.25) is 11.9 Å². The van der Waals surface area contributed by atoms with Crippen molar-refractivity contribution in [3.8, 4) is 6.07 Å². The number of rotatable bonds is 9. The lowest BCUT2D eigenvalue weighted by Crippen LogP contribution is -2.33. The lowest BCUT2D eigenvalue weighted by atomic mass is 10.1. The van der Waals surface area contributed by atoms with E-state index < -0.39 is 0 Å². The minimum absolute atomic E-state index is 0.0580. The summed E-state index contributed by atoms with van der Waals surface area (Å²) < 4.78 is 7.62. The van der Waals surface area contributed by atoms with Crippen LogP contribution < -0.4 is 9.80 Å². The van der Waals surface area contributed by atoms with Crippen LogP contribution in [0.2, 0.25) is 0 Å². The normalized spacial score (nSPS) is 13.6. The van der Waals surface area contributed by atoms with Crippen molar-refractivity contribution in [2.24, 2.45) is 0 Å². The van der Waals surface area contributed by atoms with Crippen LogP contribution in [0.3, 0.4) is 0 Å². The van der Waals surface area contributed by atoms with Gasteiger partial charge in [0, 0.05) is 25.3 Å². The molecular weight excluding hydrogens is 448 g/mol. The van der Waals surface area contributed by atoms with Gasteiger partial charge in [0.05, 0.1) is 31.1 Å². The molecule has 1 saturated heterocycles. The SMILES string of the molecule is Cc1cc(C)cc(N(CCC#N)C(=O)CSc2nnc(N3CCCCC3)n2Cc2ccco2)c1. The molecule has 9 heteroatoms. The number of furan rings is 1. The number of thioether (sulfide) groups is 1. The first kappa shape index (κ1) is 23.9. The predicted octanol–water partition coefficient (Wildman–Crippen LogP) is 4.57. The van der Waals surface area contributed by atoms with Gasteiger partial charge in [0.25, 0.3) is 0 Å². The van der Waals surface area contributed by atoms with E-state index in [0.717, 1.165) is 54.5 Å². The Labute approximate surface area is 204 Å². The molecule has 3 heterocycles. The van der Waals surface area contributed by atoms with Gasteiger partial charge in [-0.3, -0.25) is 9.36 Å². The molecule has 0 aliphatic carbocycles. The number of hydrogen-bond donors (Lipinski definition) is 0. The summed E-state index contributed by atoms with van der Waals surface area (Å²) >= 11 is 1.37. The minimum atomic E-state index is -0.0580. The lowest BCUT2D eigenvalue weighted by Gasteiger charge is -2.27. The van der Waals surface area contributed by atoms with E-state index in [9.17, 15) is 4.79 Å². The summed E-state index contributed by atoms with van der Waals surface area (Å²) in [6.45, 7) is 6.80. The van der Waals surface area contributed by atoms with Crippen LogP contribution in [0.1, 0.15) is 42.6 Å². The highest BCUT2D eigenvalue weighted by Gasteiger charge is 2.23. The summed E-state index contributed by atoms with van der Waals surface area (Å²) in [6.07, 6.45) is 5.44. The number of benzene rings is 1. The standard InChI is InChI=1S/C25H30N6O2S/c1-19-14-20(2)16-21(15-19)30(12-7-9-26)23(32)18-34-25-28-27-24(29-10-4-3-5-11-29)31(25)17-22-8-6-13-33-22/h6,8,13-16H,3-5,7,10-12,17-18H2,1-2H3. The summed E-state index contributed by atoms with van der Waals surface area (Å²) in [5.41, 5.74) is 2.99. The number of nitriles is 1. The molecule has 178 valence electrons. The third-order valence-corrected chi connectivity index (χ3v) is 6.77. The fourth-order valence-corrected chi connectivity index (χ4v) is 5.09. The van der Waals surface area contributed by atoms with Gasteiger partial charge in [0.1, 0.15) is 5.76 Å². The van der Waals surface area contributed by atoms with E-state index in [1.807, 2.05) is 42.7 Å². The van der Waals surface area contributed by atoms with Gasteiger partial charge in [-0.15, -0.1) is 10.2 Å². The molecule has 1 aromatic carbocycles. The van der Waals surface area contributed by atoms with E-state index >= 15 is 0 Å². The van der Waals surface area contributed by atoms with Crippen LogP contribution in [0.5, 0.6) is 0 Å². The predicted molar refractivity (Wildman–Crippen MR) is 133 cm³/mol. The van der Waals surface area contributed by atoms with Gasteiger partial charge < -0.3 is 14.2 Å². The first-order valence-electron chi connectivity index (χ1n) is 11.6. The summed E-state index contributed by atoms with van der Waals surface area (Å²) in [5.74, 6) is 1.78. The molecule has 1 amide bonds. The number of anilines is 2. The van der Waals surface area contributed by atoms with E-state index in [2.05, 4.69) is 27.2 Å². The maximum atomic E-state index is 13.3. The van der Waals surface area contributed by atoms with Crippen LogP contribution in [0.4, 0.5) is 11.6 Å². The number of hydrogen-bond acceptors (Lipinski definition) is 7. The zero-order valence-corrected chi connectivity index (χ0v) is 20.6. The number of carbonyl (C=O) groups is 1. The van der Waals surface area contributed by atoms with Crippen LogP contribution >= 0.6 is 11.8 Å². The van der Waals surface area contributed by atoms with Gasteiger partial charge in [0.15, 0.2) is 5.16 Å². The molecule has 1 fully saturated rings. The molecule has 1 aliphatic rings. The highest BCUT2D eigenvalue weighted by Crippen LogP contribution is 2.27. The molecular formula is C25H30N6O2S. The summed E-state index contributed by atoms with van der Waals surface area (Å²) in [7, 11) is 0. The number of aromatic nitrogens is 3. The maximum absolute atomic E-state index is 13.3. The Morgan fingerprint density at radius 3 is 2.62 bits per heavy atom. The van der Waals surface area contributed by atoms with Crippen molar-refractivity contribution in [1.82, 2.24) is 14.8 Å². The molecule has 2 aromatic heterocycles. The summed E-state index contributed by atoms with van der Waals surface area (Å²) in [4.78, 5) is 17.3.